The van der Waals surface area contributed by atoms with E-state index in [2.05, 4.69) is 5.16 Å². The lowest BCUT2D eigenvalue weighted by Gasteiger charge is -2.17. The summed E-state index contributed by atoms with van der Waals surface area (Å²) in [5, 5.41) is 14.6. The molecule has 1 amide bonds. The molecule has 0 aliphatic heterocycles. The Kier molecular flexibility index (Phi) is 6.09. The Balaban J connectivity index is 2.16. The first kappa shape index (κ1) is 20.3. The van der Waals surface area contributed by atoms with Gasteiger partial charge < -0.3 is 19.7 Å². The van der Waals surface area contributed by atoms with Gasteiger partial charge in [0, 0.05) is 0 Å². The molecule has 2 N–H and O–H groups in total. The molecular weight excluding hydrogens is 369 g/mol. The van der Waals surface area contributed by atoms with E-state index < -0.39 is 30.5 Å². The summed E-state index contributed by atoms with van der Waals surface area (Å²) < 4.78 is 48.1. The Hall–Kier alpha value is -3.04. The van der Waals surface area contributed by atoms with Crippen molar-refractivity contribution in [1.82, 2.24) is 10.5 Å². The summed E-state index contributed by atoms with van der Waals surface area (Å²) >= 11 is 0. The SMILES string of the molecule is Cc1noc(C)c1COc1ccccc1C(=O)NC(CC(F)(F)F)C(=O)O. The standard InChI is InChI=1S/C17H17F3N2O5/c1-9-12(10(2)27-22-9)8-26-14-6-4-3-5-11(14)15(23)21-13(16(24)25)7-17(18,19)20/h3-6,13H,7-8H2,1-2H3,(H,21,23)(H,24,25). The average Bonchev–Trinajstić information content (AvgIpc) is 2.89. The molecule has 10 heteroatoms. The maximum atomic E-state index is 12.5. The number of ether oxygens (including phenoxy) is 1. The molecule has 146 valence electrons. The molecule has 0 fully saturated rings. The monoisotopic (exact) mass is 386 g/mol. The minimum Gasteiger partial charge on any atom is -0.488 e. The maximum Gasteiger partial charge on any atom is 0.391 e. The molecule has 0 bridgehead atoms. The highest BCUT2D eigenvalue weighted by Gasteiger charge is 2.36. The molecule has 1 unspecified atom stereocenters. The van der Waals surface area contributed by atoms with Crippen LogP contribution in [0.3, 0.4) is 0 Å². The first-order valence-corrected chi connectivity index (χ1v) is 7.82. The lowest BCUT2D eigenvalue weighted by molar-refractivity contribution is -0.157. The largest absolute Gasteiger partial charge is 0.488 e. The van der Waals surface area contributed by atoms with Crippen LogP contribution in [0.2, 0.25) is 0 Å². The molecule has 1 atom stereocenters. The van der Waals surface area contributed by atoms with Gasteiger partial charge in [0.25, 0.3) is 5.91 Å². The number of nitrogens with one attached hydrogen (secondary N) is 1. The number of para-hydroxylation sites is 1. The third-order valence-electron chi connectivity index (χ3n) is 3.72. The quantitative estimate of drug-likeness (QED) is 0.759. The van der Waals surface area contributed by atoms with Gasteiger partial charge in [-0.2, -0.15) is 13.2 Å². The molecule has 2 aromatic rings. The van der Waals surface area contributed by atoms with Crippen LogP contribution in [0.4, 0.5) is 13.2 Å². The normalized spacial score (nSPS) is 12.5. The molecule has 0 saturated heterocycles. The van der Waals surface area contributed by atoms with Gasteiger partial charge in [-0.3, -0.25) is 4.79 Å². The van der Waals surface area contributed by atoms with Crippen molar-refractivity contribution in [3.05, 3.63) is 46.8 Å². The van der Waals surface area contributed by atoms with Gasteiger partial charge in [-0.25, -0.2) is 4.79 Å². The molecule has 1 aromatic heterocycles. The van der Waals surface area contributed by atoms with Gasteiger partial charge in [-0.1, -0.05) is 17.3 Å². The second-order valence-electron chi connectivity index (χ2n) is 5.77. The summed E-state index contributed by atoms with van der Waals surface area (Å²) in [5.41, 5.74) is 1.19. The second-order valence-corrected chi connectivity index (χ2v) is 5.77. The Morgan fingerprint density at radius 2 is 1.96 bits per heavy atom. The zero-order valence-electron chi connectivity index (χ0n) is 14.5. The fourth-order valence-electron chi connectivity index (χ4n) is 2.31. The van der Waals surface area contributed by atoms with Gasteiger partial charge in [0.2, 0.25) is 0 Å². The number of aromatic nitrogens is 1. The number of hydrogen-bond donors (Lipinski definition) is 2. The average molecular weight is 386 g/mol. The third-order valence-corrected chi connectivity index (χ3v) is 3.72. The Labute approximate surface area is 152 Å². The second kappa shape index (κ2) is 8.11. The number of carboxylic acid groups (broad SMARTS) is 1. The van der Waals surface area contributed by atoms with Crippen molar-refractivity contribution in [3.63, 3.8) is 0 Å². The summed E-state index contributed by atoms with van der Waals surface area (Å²) in [6, 6.07) is 3.73. The van der Waals surface area contributed by atoms with Crippen molar-refractivity contribution in [2.45, 2.75) is 39.1 Å². The number of aliphatic carboxylic acids is 1. The van der Waals surface area contributed by atoms with Crippen LogP contribution in [0.5, 0.6) is 5.75 Å². The first-order chi connectivity index (χ1) is 12.6. The van der Waals surface area contributed by atoms with E-state index in [-0.39, 0.29) is 17.9 Å². The number of nitrogens with zero attached hydrogens (tertiary/aromatic N) is 1. The fraction of sp³-hybridized carbons (Fsp3) is 0.353. The number of carboxylic acids is 1. The smallest absolute Gasteiger partial charge is 0.391 e. The van der Waals surface area contributed by atoms with Gasteiger partial charge in [-0.15, -0.1) is 0 Å². The molecule has 0 spiro atoms. The fourth-order valence-corrected chi connectivity index (χ4v) is 2.31. The minimum atomic E-state index is -4.74. The predicted molar refractivity (Wildman–Crippen MR) is 86.3 cm³/mol. The molecular formula is C17H17F3N2O5. The van der Waals surface area contributed by atoms with E-state index in [0.717, 1.165) is 0 Å². The number of benzene rings is 1. The van der Waals surface area contributed by atoms with Gasteiger partial charge in [0.15, 0.2) is 0 Å². The minimum absolute atomic E-state index is 0.0242. The summed E-state index contributed by atoms with van der Waals surface area (Å²) in [7, 11) is 0. The van der Waals surface area contributed by atoms with E-state index in [0.29, 0.717) is 17.0 Å². The van der Waals surface area contributed by atoms with Gasteiger partial charge in [0.05, 0.1) is 23.2 Å². The predicted octanol–water partition coefficient (Wildman–Crippen LogP) is 3.01. The van der Waals surface area contributed by atoms with Crippen LogP contribution in [0, 0.1) is 13.8 Å². The first-order valence-electron chi connectivity index (χ1n) is 7.82. The highest BCUT2D eigenvalue weighted by atomic mass is 19.4. The number of aryl methyl sites for hydroxylation is 2. The van der Waals surface area contributed by atoms with E-state index in [1.807, 2.05) is 5.32 Å². The number of rotatable bonds is 7. The van der Waals surface area contributed by atoms with Crippen LogP contribution in [0.25, 0.3) is 0 Å². The number of carbonyl (C=O) groups excluding carboxylic acids is 1. The van der Waals surface area contributed by atoms with Crippen molar-refractivity contribution in [2.75, 3.05) is 0 Å². The Bertz CT molecular complexity index is 813. The van der Waals surface area contributed by atoms with Crippen LogP contribution in [0.1, 0.15) is 33.8 Å². The van der Waals surface area contributed by atoms with Crippen LogP contribution in [-0.2, 0) is 11.4 Å². The molecule has 0 radical (unpaired) electrons. The van der Waals surface area contributed by atoms with Gasteiger partial charge in [-0.05, 0) is 26.0 Å². The summed E-state index contributed by atoms with van der Waals surface area (Å²) in [6.07, 6.45) is -6.42. The highest BCUT2D eigenvalue weighted by Crippen LogP contribution is 2.24. The molecule has 1 aromatic carbocycles. The Morgan fingerprint density at radius 3 is 2.52 bits per heavy atom. The van der Waals surface area contributed by atoms with Gasteiger partial charge in [0.1, 0.15) is 24.2 Å². The van der Waals surface area contributed by atoms with Crippen LogP contribution in [0.15, 0.2) is 28.8 Å². The van der Waals surface area contributed by atoms with E-state index in [4.69, 9.17) is 14.4 Å². The molecule has 0 saturated carbocycles. The van der Waals surface area contributed by atoms with E-state index >= 15 is 0 Å². The van der Waals surface area contributed by atoms with Crippen molar-refractivity contribution >= 4 is 11.9 Å². The van der Waals surface area contributed by atoms with Crippen LogP contribution in [-0.4, -0.2) is 34.4 Å². The summed E-state index contributed by atoms with van der Waals surface area (Å²) in [5.74, 6) is -2.15. The number of carbonyl (C=O) groups is 2. The van der Waals surface area contributed by atoms with E-state index in [1.165, 1.54) is 18.2 Å². The van der Waals surface area contributed by atoms with Crippen LogP contribution < -0.4 is 10.1 Å². The number of alkyl halides is 3. The lowest BCUT2D eigenvalue weighted by Crippen LogP contribution is -2.43. The van der Waals surface area contributed by atoms with Crippen molar-refractivity contribution in [1.29, 1.82) is 0 Å². The zero-order chi connectivity index (χ0) is 20.2. The molecule has 27 heavy (non-hydrogen) atoms. The summed E-state index contributed by atoms with van der Waals surface area (Å²) in [6.45, 7) is 3.42. The van der Waals surface area contributed by atoms with E-state index in [9.17, 15) is 22.8 Å². The van der Waals surface area contributed by atoms with Crippen LogP contribution >= 0.6 is 0 Å². The van der Waals surface area contributed by atoms with E-state index in [1.54, 1.807) is 19.9 Å². The van der Waals surface area contributed by atoms with Crippen molar-refractivity contribution in [2.24, 2.45) is 0 Å². The number of hydrogen-bond acceptors (Lipinski definition) is 5. The van der Waals surface area contributed by atoms with Crippen molar-refractivity contribution in [3.8, 4) is 5.75 Å². The Morgan fingerprint density at radius 1 is 1.30 bits per heavy atom. The number of halogens is 3. The third kappa shape index (κ3) is 5.47. The molecule has 0 aliphatic carbocycles. The molecule has 1 heterocycles. The highest BCUT2D eigenvalue weighted by molar-refractivity contribution is 5.98. The topological polar surface area (TPSA) is 102 Å². The van der Waals surface area contributed by atoms with Crippen molar-refractivity contribution < 1.29 is 37.1 Å². The molecule has 7 nitrogen and oxygen atoms in total. The maximum absolute atomic E-state index is 12.5. The van der Waals surface area contributed by atoms with Gasteiger partial charge >= 0.3 is 12.1 Å². The molecule has 0 aliphatic rings. The zero-order valence-corrected chi connectivity index (χ0v) is 14.5. The lowest BCUT2D eigenvalue weighted by atomic mass is 10.1. The number of amides is 1. The molecule has 2 rings (SSSR count). The summed E-state index contributed by atoms with van der Waals surface area (Å²) in [4.78, 5) is 23.3.